The minimum Gasteiger partial charge on any atom is -0.493 e. The normalized spacial score (nSPS) is 11.9. The number of rotatable bonds is 7. The second-order valence-electron chi connectivity index (χ2n) is 5.68. The maximum absolute atomic E-state index is 12.6. The van der Waals surface area contributed by atoms with Gasteiger partial charge in [0, 0.05) is 37.2 Å². The molecule has 0 bridgehead atoms. The lowest BCUT2D eigenvalue weighted by molar-refractivity contribution is 0.0992. The first-order chi connectivity index (χ1) is 13.1. The second kappa shape index (κ2) is 8.62. The molecule has 27 heavy (non-hydrogen) atoms. The van der Waals surface area contributed by atoms with Gasteiger partial charge in [-0.05, 0) is 19.2 Å². The van der Waals surface area contributed by atoms with Gasteiger partial charge < -0.3 is 14.0 Å². The average Bonchev–Trinajstić information content (AvgIpc) is 3.29. The fourth-order valence-electron chi connectivity index (χ4n) is 2.68. The van der Waals surface area contributed by atoms with Gasteiger partial charge in [-0.1, -0.05) is 11.3 Å². The van der Waals surface area contributed by atoms with Gasteiger partial charge in [0.2, 0.25) is 0 Å². The molecular formula is C18H22N4O3S2. The Bertz CT molecular complexity index is 1020. The van der Waals surface area contributed by atoms with Gasteiger partial charge >= 0.3 is 0 Å². The number of fused-ring (bicyclic) bond motifs is 1. The number of hydrogen-bond acceptors (Lipinski definition) is 6. The van der Waals surface area contributed by atoms with Crippen LogP contribution < -0.4 is 14.3 Å². The first-order valence-corrected chi connectivity index (χ1v) is 10.7. The third-order valence-electron chi connectivity index (χ3n) is 4.09. The number of nitrogens with zero attached hydrogens (tertiary/aromatic N) is 4. The first kappa shape index (κ1) is 19.5. The van der Waals surface area contributed by atoms with Crippen molar-refractivity contribution in [1.82, 2.24) is 14.3 Å². The van der Waals surface area contributed by atoms with Gasteiger partial charge in [-0.2, -0.15) is 21.9 Å². The average molecular weight is 407 g/mol. The lowest BCUT2D eigenvalue weighted by Crippen LogP contribution is -2.18. The molecule has 0 saturated carbocycles. The molecular weight excluding hydrogens is 384 g/mol. The van der Waals surface area contributed by atoms with E-state index in [9.17, 15) is 4.79 Å². The molecule has 3 rings (SSSR count). The minimum atomic E-state index is -0.342. The summed E-state index contributed by atoms with van der Waals surface area (Å²) in [6.07, 6.45) is 3.84. The Morgan fingerprint density at radius 2 is 2.04 bits per heavy atom. The topological polar surface area (TPSA) is 70.6 Å². The number of carbonyl (C=O) groups excluding carboxylic acids is 1. The molecule has 9 heteroatoms. The third-order valence-corrected chi connectivity index (χ3v) is 5.72. The number of benzene rings is 1. The molecule has 2 aromatic heterocycles. The molecule has 0 atom stereocenters. The summed E-state index contributed by atoms with van der Waals surface area (Å²) in [5, 5.41) is 4.25. The van der Waals surface area contributed by atoms with Gasteiger partial charge in [0.15, 0.2) is 22.0 Å². The Labute approximate surface area is 165 Å². The van der Waals surface area contributed by atoms with Crippen LogP contribution >= 0.6 is 23.1 Å². The van der Waals surface area contributed by atoms with Gasteiger partial charge in [0.05, 0.1) is 24.4 Å². The summed E-state index contributed by atoms with van der Waals surface area (Å²) in [7, 11) is 3.22. The van der Waals surface area contributed by atoms with E-state index < -0.39 is 0 Å². The molecule has 3 aromatic rings. The number of aryl methyl sites for hydroxylation is 2. The fraction of sp³-hybridized carbons (Fsp3) is 0.389. The molecule has 0 N–H and O–H groups in total. The quantitative estimate of drug-likeness (QED) is 0.603. The molecule has 0 aliphatic rings. The van der Waals surface area contributed by atoms with E-state index in [1.807, 2.05) is 23.6 Å². The van der Waals surface area contributed by atoms with E-state index in [-0.39, 0.29) is 5.91 Å². The van der Waals surface area contributed by atoms with E-state index in [1.165, 1.54) is 11.3 Å². The van der Waals surface area contributed by atoms with Crippen molar-refractivity contribution in [3.63, 3.8) is 0 Å². The highest BCUT2D eigenvalue weighted by atomic mass is 32.2. The third kappa shape index (κ3) is 4.03. The Morgan fingerprint density at radius 1 is 1.30 bits per heavy atom. The van der Waals surface area contributed by atoms with Crippen LogP contribution in [0.1, 0.15) is 17.4 Å². The highest BCUT2D eigenvalue weighted by Crippen LogP contribution is 2.33. The number of amides is 1. The van der Waals surface area contributed by atoms with Crippen molar-refractivity contribution < 1.29 is 14.3 Å². The van der Waals surface area contributed by atoms with E-state index in [2.05, 4.69) is 16.3 Å². The summed E-state index contributed by atoms with van der Waals surface area (Å²) in [6.45, 7) is 3.43. The molecule has 0 saturated heterocycles. The lowest BCUT2D eigenvalue weighted by atomic mass is 10.3. The molecule has 2 heterocycles. The number of ether oxygens (including phenoxy) is 2. The molecule has 0 unspecified atom stereocenters. The van der Waals surface area contributed by atoms with Crippen LogP contribution in [-0.2, 0) is 13.1 Å². The number of aromatic nitrogens is 3. The zero-order chi connectivity index (χ0) is 19.4. The molecule has 1 amide bonds. The second-order valence-corrected chi connectivity index (χ2v) is 7.67. The van der Waals surface area contributed by atoms with Gasteiger partial charge in [-0.15, -0.1) is 0 Å². The number of hydrogen-bond donors (Lipinski definition) is 0. The lowest BCUT2D eigenvalue weighted by Gasteiger charge is -2.09. The number of carbonyl (C=O) groups is 1. The predicted octanol–water partition coefficient (Wildman–Crippen LogP) is 3.04. The minimum absolute atomic E-state index is 0.342. The van der Waals surface area contributed by atoms with Crippen LogP contribution in [0.5, 0.6) is 11.5 Å². The molecule has 7 nitrogen and oxygen atoms in total. The Kier molecular flexibility index (Phi) is 6.22. The van der Waals surface area contributed by atoms with Crippen LogP contribution in [0, 0.1) is 0 Å². The van der Waals surface area contributed by atoms with Crippen LogP contribution in [0.25, 0.3) is 10.2 Å². The van der Waals surface area contributed by atoms with Crippen LogP contribution in [0.4, 0.5) is 0 Å². The van der Waals surface area contributed by atoms with Gasteiger partial charge in [-0.25, -0.2) is 0 Å². The van der Waals surface area contributed by atoms with Gasteiger partial charge in [0.25, 0.3) is 5.91 Å². The highest BCUT2D eigenvalue weighted by molar-refractivity contribution is 7.98. The molecule has 0 fully saturated rings. The molecule has 0 spiro atoms. The number of methoxy groups -OCH3 is 2. The number of thioether (sulfide) groups is 1. The van der Waals surface area contributed by atoms with Crippen molar-refractivity contribution in [2.24, 2.45) is 4.99 Å². The standard InChI is InChI=1S/C18H22N4O3S2/c1-5-21-7-6-12(20-21)17(23)19-18-22(8-9-26-4)13-10-14(24-2)15(25-3)11-16(13)27-18/h6-7,10-11H,5,8-9H2,1-4H3. The van der Waals surface area contributed by atoms with Gasteiger partial charge in [0.1, 0.15) is 0 Å². The Balaban J connectivity index is 2.13. The predicted molar refractivity (Wildman–Crippen MR) is 109 cm³/mol. The van der Waals surface area contributed by atoms with E-state index >= 15 is 0 Å². The summed E-state index contributed by atoms with van der Waals surface area (Å²) >= 11 is 3.20. The van der Waals surface area contributed by atoms with Crippen LogP contribution in [0.2, 0.25) is 0 Å². The van der Waals surface area contributed by atoms with Crippen molar-refractivity contribution in [2.75, 3.05) is 26.2 Å². The molecule has 0 radical (unpaired) electrons. The summed E-state index contributed by atoms with van der Waals surface area (Å²) in [6, 6.07) is 5.55. The number of thiazole rings is 1. The summed E-state index contributed by atoms with van der Waals surface area (Å²) < 4.78 is 15.6. The monoisotopic (exact) mass is 406 g/mol. The zero-order valence-corrected chi connectivity index (χ0v) is 17.4. The van der Waals surface area contributed by atoms with Crippen molar-refractivity contribution in [1.29, 1.82) is 0 Å². The summed E-state index contributed by atoms with van der Waals surface area (Å²) in [5.41, 5.74) is 1.32. The maximum Gasteiger partial charge on any atom is 0.300 e. The van der Waals surface area contributed by atoms with Crippen molar-refractivity contribution in [3.8, 4) is 11.5 Å². The SMILES string of the molecule is CCn1ccc(C(=O)N=c2sc3cc(OC)c(OC)cc3n2CCSC)n1. The van der Waals surface area contributed by atoms with Crippen molar-refractivity contribution in [2.45, 2.75) is 20.0 Å². The van der Waals surface area contributed by atoms with E-state index in [4.69, 9.17) is 9.47 Å². The largest absolute Gasteiger partial charge is 0.493 e. The Morgan fingerprint density at radius 3 is 2.67 bits per heavy atom. The fourth-order valence-corrected chi connectivity index (χ4v) is 4.11. The van der Waals surface area contributed by atoms with E-state index in [1.54, 1.807) is 42.9 Å². The zero-order valence-electron chi connectivity index (χ0n) is 15.8. The molecule has 0 aliphatic heterocycles. The van der Waals surface area contributed by atoms with Crippen molar-refractivity contribution in [3.05, 3.63) is 34.9 Å². The molecule has 1 aromatic carbocycles. The molecule has 0 aliphatic carbocycles. The molecule has 144 valence electrons. The smallest absolute Gasteiger partial charge is 0.300 e. The van der Waals surface area contributed by atoms with E-state index in [0.29, 0.717) is 28.5 Å². The van der Waals surface area contributed by atoms with Gasteiger partial charge in [-0.3, -0.25) is 9.48 Å². The summed E-state index contributed by atoms with van der Waals surface area (Å²) in [5.74, 6) is 1.88. The van der Waals surface area contributed by atoms with Crippen LogP contribution in [-0.4, -0.2) is 46.5 Å². The van der Waals surface area contributed by atoms with Crippen LogP contribution in [0.15, 0.2) is 29.4 Å². The van der Waals surface area contributed by atoms with Crippen molar-refractivity contribution >= 4 is 39.2 Å². The summed E-state index contributed by atoms with van der Waals surface area (Å²) in [4.78, 5) is 17.6. The maximum atomic E-state index is 12.6. The first-order valence-electron chi connectivity index (χ1n) is 8.48. The van der Waals surface area contributed by atoms with E-state index in [0.717, 1.165) is 22.5 Å². The Hall–Kier alpha value is -2.26. The highest BCUT2D eigenvalue weighted by Gasteiger charge is 2.14. The van der Waals surface area contributed by atoms with Crippen LogP contribution in [0.3, 0.4) is 0 Å².